The molecule has 0 aliphatic heterocycles. The van der Waals surface area contributed by atoms with E-state index in [2.05, 4.69) is 15.4 Å². The summed E-state index contributed by atoms with van der Waals surface area (Å²) in [6.45, 7) is 0.452. The largest absolute Gasteiger partial charge is 0.497 e. The van der Waals surface area contributed by atoms with E-state index in [9.17, 15) is 4.79 Å². The molecular weight excluding hydrogens is 428 g/mol. The topological polar surface area (TPSA) is 78.3 Å². The van der Waals surface area contributed by atoms with Gasteiger partial charge in [0.05, 0.1) is 14.2 Å². The highest BCUT2D eigenvalue weighted by molar-refractivity contribution is 6.30. The zero-order chi connectivity index (χ0) is 22.5. The first-order valence-corrected chi connectivity index (χ1v) is 10.2. The lowest BCUT2D eigenvalue weighted by atomic mass is 10.2. The molecule has 0 atom stereocenters. The molecule has 4 rings (SSSR count). The molecule has 0 saturated heterocycles. The van der Waals surface area contributed by atoms with Crippen LogP contribution in [0.4, 0.5) is 5.95 Å². The number of carbonyl (C=O) groups is 1. The van der Waals surface area contributed by atoms with Crippen LogP contribution in [-0.2, 0) is 6.54 Å². The van der Waals surface area contributed by atoms with Gasteiger partial charge >= 0.3 is 0 Å². The van der Waals surface area contributed by atoms with E-state index in [1.807, 2.05) is 48.5 Å². The summed E-state index contributed by atoms with van der Waals surface area (Å²) < 4.78 is 11.7. The maximum absolute atomic E-state index is 13.2. The third-order valence-corrected chi connectivity index (χ3v) is 5.10. The number of hydrogen-bond donors (Lipinski definition) is 1. The van der Waals surface area contributed by atoms with Crippen LogP contribution in [0.15, 0.2) is 72.8 Å². The van der Waals surface area contributed by atoms with E-state index in [4.69, 9.17) is 21.1 Å². The summed E-state index contributed by atoms with van der Waals surface area (Å²) in [7, 11) is 3.18. The van der Waals surface area contributed by atoms with Crippen LogP contribution >= 0.6 is 11.6 Å². The maximum atomic E-state index is 13.2. The van der Waals surface area contributed by atoms with E-state index < -0.39 is 0 Å². The van der Waals surface area contributed by atoms with E-state index >= 15 is 0 Å². The number of nitrogens with one attached hydrogen (secondary N) is 1. The Morgan fingerprint density at radius 1 is 0.906 bits per heavy atom. The molecule has 4 aromatic rings. The second-order valence-electron chi connectivity index (χ2n) is 6.91. The molecule has 0 spiro atoms. The summed E-state index contributed by atoms with van der Waals surface area (Å²) in [5.41, 5.74) is 2.22. The minimum absolute atomic E-state index is 0.307. The van der Waals surface area contributed by atoms with Crippen LogP contribution in [-0.4, -0.2) is 34.9 Å². The second kappa shape index (κ2) is 9.53. The van der Waals surface area contributed by atoms with Crippen molar-refractivity contribution in [3.05, 3.63) is 88.9 Å². The molecule has 0 aliphatic rings. The number of ether oxygens (including phenoxy) is 2. The van der Waals surface area contributed by atoms with Crippen LogP contribution in [0, 0.1) is 0 Å². The fraction of sp³-hybridized carbons (Fsp3) is 0.125. The molecule has 0 aliphatic carbocycles. The Bertz CT molecular complexity index is 1200. The lowest BCUT2D eigenvalue weighted by Crippen LogP contribution is -2.17. The van der Waals surface area contributed by atoms with Crippen molar-refractivity contribution in [2.24, 2.45) is 0 Å². The van der Waals surface area contributed by atoms with E-state index in [-0.39, 0.29) is 5.91 Å². The maximum Gasteiger partial charge on any atom is 0.281 e. The van der Waals surface area contributed by atoms with Crippen LogP contribution in [0.1, 0.15) is 15.9 Å². The zero-order valence-corrected chi connectivity index (χ0v) is 18.3. The summed E-state index contributed by atoms with van der Waals surface area (Å²) in [4.78, 5) is 17.8. The molecule has 8 heteroatoms. The molecular formula is C24H21ClN4O3. The van der Waals surface area contributed by atoms with Gasteiger partial charge in [0.15, 0.2) is 5.82 Å². The molecule has 0 radical (unpaired) electrons. The van der Waals surface area contributed by atoms with Crippen molar-refractivity contribution < 1.29 is 14.3 Å². The summed E-state index contributed by atoms with van der Waals surface area (Å²) in [5.74, 6) is 1.85. The Morgan fingerprint density at radius 3 is 2.09 bits per heavy atom. The highest BCUT2D eigenvalue weighted by atomic mass is 35.5. The summed E-state index contributed by atoms with van der Waals surface area (Å²) in [6, 6.07) is 21.6. The van der Waals surface area contributed by atoms with Gasteiger partial charge in [-0.1, -0.05) is 23.7 Å². The van der Waals surface area contributed by atoms with E-state index in [1.165, 1.54) is 4.68 Å². The first kappa shape index (κ1) is 21.4. The van der Waals surface area contributed by atoms with E-state index in [1.54, 1.807) is 38.5 Å². The number of nitrogens with zero attached hydrogens (tertiary/aromatic N) is 3. The molecule has 0 amide bonds. The normalized spacial score (nSPS) is 10.6. The first-order chi connectivity index (χ1) is 15.6. The number of rotatable bonds is 7. The van der Waals surface area contributed by atoms with Crippen molar-refractivity contribution in [1.29, 1.82) is 0 Å². The Hall–Kier alpha value is -3.84. The average molecular weight is 449 g/mol. The second-order valence-corrected chi connectivity index (χ2v) is 7.35. The van der Waals surface area contributed by atoms with Gasteiger partial charge in [-0.25, -0.2) is 0 Å². The lowest BCUT2D eigenvalue weighted by Gasteiger charge is -2.08. The molecule has 0 saturated carbocycles. The van der Waals surface area contributed by atoms with Crippen molar-refractivity contribution in [2.75, 3.05) is 19.5 Å². The van der Waals surface area contributed by atoms with Gasteiger partial charge in [0.2, 0.25) is 5.95 Å². The van der Waals surface area contributed by atoms with Gasteiger partial charge in [0.1, 0.15) is 11.5 Å². The van der Waals surface area contributed by atoms with Gasteiger partial charge < -0.3 is 14.8 Å². The van der Waals surface area contributed by atoms with Crippen molar-refractivity contribution in [2.45, 2.75) is 6.54 Å². The minimum Gasteiger partial charge on any atom is -0.497 e. The van der Waals surface area contributed by atoms with Crippen molar-refractivity contribution in [3.8, 4) is 22.9 Å². The Morgan fingerprint density at radius 2 is 1.50 bits per heavy atom. The van der Waals surface area contributed by atoms with Crippen molar-refractivity contribution in [1.82, 2.24) is 14.8 Å². The molecule has 32 heavy (non-hydrogen) atoms. The number of halogens is 1. The van der Waals surface area contributed by atoms with Crippen molar-refractivity contribution in [3.63, 3.8) is 0 Å². The number of methoxy groups -OCH3 is 2. The number of hydrogen-bond acceptors (Lipinski definition) is 6. The third kappa shape index (κ3) is 4.73. The molecule has 3 aromatic carbocycles. The van der Waals surface area contributed by atoms with E-state index in [0.29, 0.717) is 34.7 Å². The van der Waals surface area contributed by atoms with Gasteiger partial charge in [0, 0.05) is 22.7 Å². The van der Waals surface area contributed by atoms with Gasteiger partial charge in [-0.05, 0) is 66.2 Å². The van der Waals surface area contributed by atoms with Crippen LogP contribution in [0.2, 0.25) is 5.02 Å². The standard InChI is InChI=1S/C24H21ClN4O3/c1-31-20-11-5-17(6-12-20)22-27-24(26-15-16-3-9-19(25)10-4-16)29(28-22)23(30)18-7-13-21(32-2)14-8-18/h3-14H,15H2,1-2H3,(H,26,27,28). The van der Waals surface area contributed by atoms with Gasteiger partial charge in [-0.3, -0.25) is 4.79 Å². The Labute approximate surface area is 190 Å². The predicted molar refractivity (Wildman–Crippen MR) is 124 cm³/mol. The Balaban J connectivity index is 1.66. The van der Waals surface area contributed by atoms with Gasteiger partial charge in [0.25, 0.3) is 5.91 Å². The molecule has 7 nitrogen and oxygen atoms in total. The third-order valence-electron chi connectivity index (χ3n) is 4.85. The van der Waals surface area contributed by atoms with Gasteiger partial charge in [-0.2, -0.15) is 9.67 Å². The number of aromatic nitrogens is 3. The SMILES string of the molecule is COc1ccc(C(=O)n2nc(-c3ccc(OC)cc3)nc2NCc2ccc(Cl)cc2)cc1. The summed E-state index contributed by atoms with van der Waals surface area (Å²) in [6.07, 6.45) is 0. The number of benzene rings is 3. The molecule has 1 N–H and O–H groups in total. The van der Waals surface area contributed by atoms with Crippen LogP contribution in [0.3, 0.4) is 0 Å². The van der Waals surface area contributed by atoms with Crippen molar-refractivity contribution >= 4 is 23.5 Å². The fourth-order valence-electron chi connectivity index (χ4n) is 3.07. The summed E-state index contributed by atoms with van der Waals surface area (Å²) >= 11 is 5.97. The highest BCUT2D eigenvalue weighted by Crippen LogP contribution is 2.23. The van der Waals surface area contributed by atoms with Crippen LogP contribution < -0.4 is 14.8 Å². The number of carbonyl (C=O) groups excluding carboxylic acids is 1. The molecule has 1 aromatic heterocycles. The molecule has 162 valence electrons. The predicted octanol–water partition coefficient (Wildman–Crippen LogP) is 4.92. The molecule has 0 fully saturated rings. The Kier molecular flexibility index (Phi) is 6.37. The number of anilines is 1. The quantitative estimate of drug-likeness (QED) is 0.432. The minimum atomic E-state index is -0.307. The fourth-order valence-corrected chi connectivity index (χ4v) is 3.20. The van der Waals surface area contributed by atoms with Crippen LogP contribution in [0.5, 0.6) is 11.5 Å². The highest BCUT2D eigenvalue weighted by Gasteiger charge is 2.19. The molecule has 1 heterocycles. The monoisotopic (exact) mass is 448 g/mol. The van der Waals surface area contributed by atoms with Crippen LogP contribution in [0.25, 0.3) is 11.4 Å². The smallest absolute Gasteiger partial charge is 0.281 e. The van der Waals surface area contributed by atoms with E-state index in [0.717, 1.165) is 16.9 Å². The van der Waals surface area contributed by atoms with Gasteiger partial charge in [-0.15, -0.1) is 5.10 Å². The zero-order valence-electron chi connectivity index (χ0n) is 17.6. The average Bonchev–Trinajstić information content (AvgIpc) is 3.27. The first-order valence-electron chi connectivity index (χ1n) is 9.86. The lowest BCUT2D eigenvalue weighted by molar-refractivity contribution is 0.0947. The summed E-state index contributed by atoms with van der Waals surface area (Å²) in [5, 5.41) is 8.35. The molecule has 0 bridgehead atoms. The molecule has 0 unspecified atom stereocenters.